The summed E-state index contributed by atoms with van der Waals surface area (Å²) < 4.78 is 0. The average molecular weight is 546 g/mol. The van der Waals surface area contributed by atoms with Crippen molar-refractivity contribution >= 4 is 51.7 Å². The Kier molecular flexibility index (Phi) is 7.45. The number of hydrogen-bond acceptors (Lipinski definition) is 4. The van der Waals surface area contributed by atoms with Crippen molar-refractivity contribution in [1.29, 1.82) is 0 Å². The van der Waals surface area contributed by atoms with Gasteiger partial charge in [0.05, 0.1) is 17.3 Å². The minimum atomic E-state index is -0.935. The van der Waals surface area contributed by atoms with Gasteiger partial charge in [-0.3, -0.25) is 14.6 Å². The Morgan fingerprint density at radius 3 is 2.45 bits per heavy atom. The average Bonchev–Trinajstić information content (AvgIpc) is 3.33. The van der Waals surface area contributed by atoms with E-state index < -0.39 is 12.0 Å². The van der Waals surface area contributed by atoms with E-state index in [1.54, 1.807) is 6.07 Å². The first kappa shape index (κ1) is 25.9. The number of benzene rings is 3. The van der Waals surface area contributed by atoms with Gasteiger partial charge in [-0.05, 0) is 48.7 Å². The number of hydrazone groups is 1. The summed E-state index contributed by atoms with van der Waals surface area (Å²) in [4.78, 5) is 29.2. The van der Waals surface area contributed by atoms with Crippen molar-refractivity contribution in [2.24, 2.45) is 5.10 Å². The molecule has 0 saturated heterocycles. The molecule has 4 aromatic rings. The minimum absolute atomic E-state index is 0.0696. The molecule has 1 atom stereocenters. The molecule has 5 rings (SSSR count). The number of amides is 1. The van der Waals surface area contributed by atoms with E-state index in [0.717, 1.165) is 38.9 Å². The number of carboxylic acids is 1. The van der Waals surface area contributed by atoms with Crippen LogP contribution in [0.2, 0.25) is 10.0 Å². The highest BCUT2D eigenvalue weighted by Gasteiger charge is 2.36. The third kappa shape index (κ3) is 5.15. The topological polar surface area (TPSA) is 82.9 Å². The van der Waals surface area contributed by atoms with Gasteiger partial charge in [-0.25, -0.2) is 5.01 Å². The number of pyridine rings is 1. The van der Waals surface area contributed by atoms with Crippen molar-refractivity contribution in [3.05, 3.63) is 99.7 Å². The van der Waals surface area contributed by atoms with E-state index in [0.29, 0.717) is 22.2 Å². The number of hydrogen-bond donors (Lipinski definition) is 1. The molecule has 0 spiro atoms. The van der Waals surface area contributed by atoms with Crippen LogP contribution in [0.3, 0.4) is 0 Å². The molecule has 0 fully saturated rings. The molecule has 3 aromatic carbocycles. The smallest absolute Gasteiger partial charge is 0.303 e. The zero-order chi connectivity index (χ0) is 26.8. The molecule has 8 heteroatoms. The van der Waals surface area contributed by atoms with Crippen LogP contribution in [0.25, 0.3) is 22.0 Å². The molecule has 2 heterocycles. The summed E-state index contributed by atoms with van der Waals surface area (Å²) in [5.41, 5.74) is 5.90. The Hall–Kier alpha value is -3.74. The van der Waals surface area contributed by atoms with Gasteiger partial charge in [-0.1, -0.05) is 71.7 Å². The summed E-state index contributed by atoms with van der Waals surface area (Å²) in [5, 5.41) is 17.4. The Morgan fingerprint density at radius 2 is 1.71 bits per heavy atom. The SMILES string of the molecule is Cc1nc2ccc(Cl)cc2c(-c2ccccc2)c1C1=NN(C(=O)CCCC(=O)O)[C@@H](c2ccccc2Cl)C1. The number of halogens is 2. The van der Waals surface area contributed by atoms with Crippen LogP contribution in [0.1, 0.15) is 48.5 Å². The van der Waals surface area contributed by atoms with Gasteiger partial charge in [-0.15, -0.1) is 0 Å². The lowest BCUT2D eigenvalue weighted by Crippen LogP contribution is -2.27. The largest absolute Gasteiger partial charge is 0.481 e. The molecular weight excluding hydrogens is 521 g/mol. The fraction of sp³-hybridized carbons (Fsp3) is 0.200. The zero-order valence-electron chi connectivity index (χ0n) is 20.7. The Bertz CT molecular complexity index is 1570. The second-order valence-electron chi connectivity index (χ2n) is 9.25. The van der Waals surface area contributed by atoms with Gasteiger partial charge < -0.3 is 5.11 Å². The Balaban J connectivity index is 1.67. The van der Waals surface area contributed by atoms with Crippen molar-refractivity contribution in [2.75, 3.05) is 0 Å². The maximum atomic E-state index is 13.3. The van der Waals surface area contributed by atoms with Crippen LogP contribution in [-0.4, -0.2) is 32.7 Å². The normalized spacial score (nSPS) is 15.1. The van der Waals surface area contributed by atoms with Gasteiger partial charge in [0.25, 0.3) is 0 Å². The number of fused-ring (bicyclic) bond motifs is 1. The first-order chi connectivity index (χ1) is 18.3. The van der Waals surface area contributed by atoms with Crippen molar-refractivity contribution in [3.8, 4) is 11.1 Å². The number of rotatable bonds is 7. The fourth-order valence-electron chi connectivity index (χ4n) is 5.00. The Labute approximate surface area is 230 Å². The van der Waals surface area contributed by atoms with E-state index in [2.05, 4.69) is 0 Å². The first-order valence-corrected chi connectivity index (χ1v) is 13.1. The van der Waals surface area contributed by atoms with Crippen molar-refractivity contribution < 1.29 is 14.7 Å². The van der Waals surface area contributed by atoms with Crippen LogP contribution in [-0.2, 0) is 9.59 Å². The molecule has 6 nitrogen and oxygen atoms in total. The Morgan fingerprint density at radius 1 is 0.974 bits per heavy atom. The van der Waals surface area contributed by atoms with Gasteiger partial charge in [-0.2, -0.15) is 5.10 Å². The number of carbonyl (C=O) groups is 2. The standard InChI is InChI=1S/C30H25Cl2N3O3/c1-18-29(30(19-8-3-2-4-9-19)22-16-20(31)14-15-24(22)33-18)25-17-26(21-10-5-6-11-23(21)32)35(34-25)27(36)12-7-13-28(37)38/h2-6,8-11,14-16,26H,7,12-13,17H2,1H3,(H,37,38)/t26-/m1/s1. The molecule has 0 unspecified atom stereocenters. The molecule has 0 saturated carbocycles. The van der Waals surface area contributed by atoms with Crippen molar-refractivity contribution in [2.45, 2.75) is 38.6 Å². The molecule has 1 N–H and O–H groups in total. The van der Waals surface area contributed by atoms with Crippen LogP contribution >= 0.6 is 23.2 Å². The molecule has 0 bridgehead atoms. The number of aliphatic carboxylic acids is 1. The second-order valence-corrected chi connectivity index (χ2v) is 10.1. The van der Waals surface area contributed by atoms with Gasteiger partial charge in [0.2, 0.25) is 5.91 Å². The summed E-state index contributed by atoms with van der Waals surface area (Å²) in [6, 6.07) is 22.6. The minimum Gasteiger partial charge on any atom is -0.481 e. The van der Waals surface area contributed by atoms with Gasteiger partial charge in [0.15, 0.2) is 0 Å². The quantitative estimate of drug-likeness (QED) is 0.261. The summed E-state index contributed by atoms with van der Waals surface area (Å²) in [6.07, 6.45) is 0.650. The molecule has 1 aliphatic heterocycles. The van der Waals surface area contributed by atoms with E-state index in [1.165, 1.54) is 5.01 Å². The van der Waals surface area contributed by atoms with Gasteiger partial charge >= 0.3 is 5.97 Å². The van der Waals surface area contributed by atoms with Crippen molar-refractivity contribution in [1.82, 2.24) is 9.99 Å². The van der Waals surface area contributed by atoms with E-state index in [4.69, 9.17) is 38.4 Å². The fourth-order valence-corrected chi connectivity index (χ4v) is 5.43. The zero-order valence-corrected chi connectivity index (χ0v) is 22.2. The third-order valence-corrected chi connectivity index (χ3v) is 7.27. The lowest BCUT2D eigenvalue weighted by Gasteiger charge is -2.23. The van der Waals surface area contributed by atoms with Crippen LogP contribution in [0.5, 0.6) is 0 Å². The van der Waals surface area contributed by atoms with Gasteiger partial charge in [0, 0.05) is 51.5 Å². The molecule has 1 aliphatic rings. The van der Waals surface area contributed by atoms with Crippen LogP contribution < -0.4 is 0 Å². The third-order valence-electron chi connectivity index (χ3n) is 6.69. The highest BCUT2D eigenvalue weighted by atomic mass is 35.5. The molecule has 1 aromatic heterocycles. The first-order valence-electron chi connectivity index (χ1n) is 12.3. The summed E-state index contributed by atoms with van der Waals surface area (Å²) in [5.74, 6) is -1.18. The number of aryl methyl sites for hydroxylation is 1. The monoisotopic (exact) mass is 545 g/mol. The van der Waals surface area contributed by atoms with Crippen LogP contribution in [0.15, 0.2) is 77.9 Å². The van der Waals surface area contributed by atoms with Crippen LogP contribution in [0, 0.1) is 6.92 Å². The summed E-state index contributed by atoms with van der Waals surface area (Å²) >= 11 is 13.0. The van der Waals surface area contributed by atoms with E-state index in [-0.39, 0.29) is 25.2 Å². The maximum Gasteiger partial charge on any atom is 0.303 e. The van der Waals surface area contributed by atoms with Gasteiger partial charge in [0.1, 0.15) is 0 Å². The number of carboxylic acid groups (broad SMARTS) is 1. The van der Waals surface area contributed by atoms with E-state index in [1.807, 2.05) is 73.7 Å². The van der Waals surface area contributed by atoms with E-state index in [9.17, 15) is 9.59 Å². The van der Waals surface area contributed by atoms with Crippen LogP contribution in [0.4, 0.5) is 0 Å². The number of nitrogens with zero attached hydrogens (tertiary/aromatic N) is 3. The lowest BCUT2D eigenvalue weighted by atomic mass is 9.89. The molecular formula is C30H25Cl2N3O3. The molecule has 192 valence electrons. The lowest BCUT2D eigenvalue weighted by molar-refractivity contribution is -0.137. The highest BCUT2D eigenvalue weighted by molar-refractivity contribution is 6.32. The molecule has 38 heavy (non-hydrogen) atoms. The maximum absolute atomic E-state index is 13.3. The number of carbonyl (C=O) groups excluding carboxylic acids is 1. The van der Waals surface area contributed by atoms with Crippen molar-refractivity contribution in [3.63, 3.8) is 0 Å². The molecule has 0 radical (unpaired) electrons. The van der Waals surface area contributed by atoms with E-state index >= 15 is 0 Å². The number of aromatic nitrogens is 1. The highest BCUT2D eigenvalue weighted by Crippen LogP contribution is 2.41. The molecule has 1 amide bonds. The molecule has 0 aliphatic carbocycles. The summed E-state index contributed by atoms with van der Waals surface area (Å²) in [7, 11) is 0. The summed E-state index contributed by atoms with van der Waals surface area (Å²) in [6.45, 7) is 1.94. The predicted molar refractivity (Wildman–Crippen MR) is 151 cm³/mol. The predicted octanol–water partition coefficient (Wildman–Crippen LogP) is 7.45. The second kappa shape index (κ2) is 10.9.